The van der Waals surface area contributed by atoms with Crippen LogP contribution in [0.5, 0.6) is 0 Å². The maximum atomic E-state index is 13.1. The Bertz CT molecular complexity index is 1860. The Morgan fingerprint density at radius 2 is 1.60 bits per heavy atom. The second kappa shape index (κ2) is 9.55. The lowest BCUT2D eigenvalue weighted by Crippen LogP contribution is -2.18. The van der Waals surface area contributed by atoms with Crippen LogP contribution in [0.1, 0.15) is 5.56 Å². The van der Waals surface area contributed by atoms with Gasteiger partial charge < -0.3 is 14.1 Å². The Kier molecular flexibility index (Phi) is 6.45. The molecule has 0 aliphatic rings. The van der Waals surface area contributed by atoms with Gasteiger partial charge in [-0.25, -0.2) is 0 Å². The van der Waals surface area contributed by atoms with Crippen molar-refractivity contribution in [2.45, 2.75) is 19.3 Å². The van der Waals surface area contributed by atoms with Gasteiger partial charge in [0.15, 0.2) is 0 Å². The minimum atomic E-state index is -4.82. The normalized spacial score (nSPS) is 12.4. The van der Waals surface area contributed by atoms with Gasteiger partial charge in [-0.1, -0.05) is 18.2 Å². The summed E-state index contributed by atoms with van der Waals surface area (Å²) in [6.45, 7) is -0.727. The van der Waals surface area contributed by atoms with Crippen molar-refractivity contribution in [1.29, 1.82) is 0 Å². The number of H-pyrrole nitrogens is 1. The van der Waals surface area contributed by atoms with Crippen LogP contribution >= 0.6 is 0 Å². The average molecular weight is 563 g/mol. The Morgan fingerprint density at radius 3 is 2.27 bits per heavy atom. The number of pyridine rings is 2. The van der Waals surface area contributed by atoms with Crippen LogP contribution in [-0.2, 0) is 31.7 Å². The number of alkyl halides is 6. The largest absolute Gasteiger partial charge is 0.522 e. The van der Waals surface area contributed by atoms with Gasteiger partial charge in [0.05, 0.1) is 12.8 Å². The first kappa shape index (κ1) is 27.0. The monoisotopic (exact) mass is 563 g/mol. The van der Waals surface area contributed by atoms with Gasteiger partial charge in [0.1, 0.15) is 5.52 Å². The van der Waals surface area contributed by atoms with Crippen LogP contribution in [0.4, 0.5) is 26.3 Å². The van der Waals surface area contributed by atoms with Crippen LogP contribution in [0, 0.1) is 0 Å². The van der Waals surface area contributed by atoms with E-state index in [9.17, 15) is 35.9 Å². The van der Waals surface area contributed by atoms with Crippen molar-refractivity contribution in [3.8, 4) is 33.5 Å². The fraction of sp³-hybridized carbons (Fsp3) is 0.192. The maximum Gasteiger partial charge on any atom is 0.522 e. The molecule has 0 saturated heterocycles. The molecule has 0 saturated carbocycles. The van der Waals surface area contributed by atoms with Crippen molar-refractivity contribution in [2.24, 2.45) is 14.1 Å². The molecule has 0 fully saturated rings. The molecule has 8 nitrogen and oxygen atoms in total. The second-order valence-corrected chi connectivity index (χ2v) is 9.06. The van der Waals surface area contributed by atoms with Gasteiger partial charge in [0.25, 0.3) is 11.1 Å². The van der Waals surface area contributed by atoms with Crippen molar-refractivity contribution in [3.63, 3.8) is 0 Å². The van der Waals surface area contributed by atoms with Gasteiger partial charge in [0, 0.05) is 66.5 Å². The van der Waals surface area contributed by atoms with E-state index in [4.69, 9.17) is 0 Å². The third kappa shape index (κ3) is 5.17. The van der Waals surface area contributed by atoms with Crippen molar-refractivity contribution in [1.82, 2.24) is 23.9 Å². The molecule has 4 heterocycles. The van der Waals surface area contributed by atoms with Crippen LogP contribution in [0.2, 0.25) is 0 Å². The van der Waals surface area contributed by atoms with Crippen LogP contribution in [-0.4, -0.2) is 30.3 Å². The number of rotatable bonds is 5. The number of hydrogen-bond acceptors (Lipinski definition) is 4. The molecule has 0 spiro atoms. The number of benzene rings is 1. The number of aromatic amines is 1. The Hall–Kier alpha value is -4.59. The van der Waals surface area contributed by atoms with Crippen LogP contribution in [0.15, 0.2) is 70.8 Å². The zero-order chi connectivity index (χ0) is 29.0. The maximum absolute atomic E-state index is 13.1. The average Bonchev–Trinajstić information content (AvgIpc) is 3.54. The van der Waals surface area contributed by atoms with Crippen molar-refractivity contribution >= 4 is 10.9 Å². The van der Waals surface area contributed by atoms with Gasteiger partial charge in [-0.05, 0) is 28.8 Å². The number of ether oxygens (including phenoxy) is 1. The molecule has 0 amide bonds. The zero-order valence-electron chi connectivity index (χ0n) is 20.8. The fourth-order valence-corrected chi connectivity index (χ4v) is 4.38. The van der Waals surface area contributed by atoms with Crippen LogP contribution in [0.3, 0.4) is 0 Å². The lowest BCUT2D eigenvalue weighted by molar-refractivity contribution is -0.330. The van der Waals surface area contributed by atoms with E-state index in [1.165, 1.54) is 59.9 Å². The molecular formula is C26H19F6N5O3. The van der Waals surface area contributed by atoms with E-state index in [1.54, 1.807) is 12.1 Å². The summed E-state index contributed by atoms with van der Waals surface area (Å²) in [6.07, 6.45) is -4.78. The molecule has 14 heteroatoms. The first-order chi connectivity index (χ1) is 18.7. The molecule has 5 rings (SSSR count). The highest BCUT2D eigenvalue weighted by atomic mass is 19.4. The molecular weight excluding hydrogens is 544 g/mol. The third-order valence-electron chi connectivity index (χ3n) is 6.28. The van der Waals surface area contributed by atoms with Crippen LogP contribution < -0.4 is 11.1 Å². The molecule has 40 heavy (non-hydrogen) atoms. The van der Waals surface area contributed by atoms with E-state index in [0.717, 1.165) is 12.4 Å². The first-order valence-corrected chi connectivity index (χ1v) is 11.6. The molecule has 0 unspecified atom stereocenters. The Labute approximate surface area is 220 Å². The van der Waals surface area contributed by atoms with Gasteiger partial charge in [-0.2, -0.15) is 9.78 Å². The number of aromatic nitrogens is 5. The lowest BCUT2D eigenvalue weighted by Gasteiger charge is -2.15. The van der Waals surface area contributed by atoms with Crippen LogP contribution in [0.25, 0.3) is 44.4 Å². The highest BCUT2D eigenvalue weighted by molar-refractivity contribution is 6.00. The van der Waals surface area contributed by atoms with Crippen molar-refractivity contribution < 1.29 is 31.1 Å². The summed E-state index contributed by atoms with van der Waals surface area (Å²) >= 11 is 0. The Morgan fingerprint density at radius 1 is 0.875 bits per heavy atom. The number of nitrogens with zero attached hydrogens (tertiary/aromatic N) is 4. The van der Waals surface area contributed by atoms with E-state index in [1.807, 2.05) is 0 Å². The minimum absolute atomic E-state index is 0.0723. The van der Waals surface area contributed by atoms with Gasteiger partial charge in [0.2, 0.25) is 0 Å². The predicted molar refractivity (Wildman–Crippen MR) is 133 cm³/mol. The van der Waals surface area contributed by atoms with E-state index in [2.05, 4.69) is 14.8 Å². The summed E-state index contributed by atoms with van der Waals surface area (Å²) < 4.78 is 83.4. The molecule has 208 valence electrons. The molecule has 4 aromatic heterocycles. The summed E-state index contributed by atoms with van der Waals surface area (Å²) in [6, 6.07) is 8.94. The second-order valence-electron chi connectivity index (χ2n) is 9.06. The van der Waals surface area contributed by atoms with Crippen molar-refractivity contribution in [3.05, 3.63) is 87.5 Å². The SMILES string of the molecule is Cn1cc(-c2cccc(COC(F)(F)F)c2)c(-c2cn(C)c(=O)c3[nH]c(-c4cnn(C(F)(F)F)c4)cc23)cc1=O. The molecule has 1 N–H and O–H groups in total. The molecule has 0 aliphatic carbocycles. The van der Waals surface area contributed by atoms with Gasteiger partial charge >= 0.3 is 12.7 Å². The number of aryl methyl sites for hydroxylation is 2. The predicted octanol–water partition coefficient (Wildman–Crippen LogP) is 5.28. The molecule has 0 aliphatic heterocycles. The molecule has 5 aromatic rings. The molecule has 0 radical (unpaired) electrons. The number of nitrogens with one attached hydrogen (secondary N) is 1. The fourth-order valence-electron chi connectivity index (χ4n) is 4.38. The van der Waals surface area contributed by atoms with E-state index in [-0.39, 0.29) is 27.0 Å². The first-order valence-electron chi connectivity index (χ1n) is 11.6. The standard InChI is InChI=1S/C26H19F6N5O3/c1-35-11-19(15-5-3-4-14(6-15)13-40-26(30,31)32)17(8-22(35)38)20-12-36(2)24(39)23-18(20)7-21(34-23)16-9-33-37(10-16)25(27,28)29/h3-12,34H,13H2,1-2H3. The Balaban J connectivity index is 1.70. The number of hydrogen-bond donors (Lipinski definition) is 1. The minimum Gasteiger partial charge on any atom is -0.350 e. The number of halogens is 6. The molecule has 0 bridgehead atoms. The zero-order valence-corrected chi connectivity index (χ0v) is 20.8. The summed E-state index contributed by atoms with van der Waals surface area (Å²) in [5.74, 6) is 0. The topological polar surface area (TPSA) is 86.8 Å². The third-order valence-corrected chi connectivity index (χ3v) is 6.28. The number of fused-ring (bicyclic) bond motifs is 1. The van der Waals surface area contributed by atoms with E-state index < -0.39 is 30.4 Å². The summed E-state index contributed by atoms with van der Waals surface area (Å²) in [7, 11) is 2.98. The smallest absolute Gasteiger partial charge is 0.350 e. The highest BCUT2D eigenvalue weighted by Gasteiger charge is 2.32. The van der Waals surface area contributed by atoms with E-state index >= 15 is 0 Å². The van der Waals surface area contributed by atoms with Crippen molar-refractivity contribution in [2.75, 3.05) is 0 Å². The molecule has 0 atom stereocenters. The summed E-state index contributed by atoms with van der Waals surface area (Å²) in [5.41, 5.74) is 1.38. The van der Waals surface area contributed by atoms with Gasteiger partial charge in [-0.3, -0.25) is 14.3 Å². The highest BCUT2D eigenvalue weighted by Crippen LogP contribution is 2.37. The molecule has 1 aromatic carbocycles. The summed E-state index contributed by atoms with van der Waals surface area (Å²) in [4.78, 5) is 28.5. The van der Waals surface area contributed by atoms with Gasteiger partial charge in [-0.15, -0.1) is 26.3 Å². The lowest BCUT2D eigenvalue weighted by atomic mass is 9.94. The van der Waals surface area contributed by atoms with E-state index in [0.29, 0.717) is 27.6 Å². The quantitative estimate of drug-likeness (QED) is 0.295. The summed E-state index contributed by atoms with van der Waals surface area (Å²) in [5, 5.41) is 3.65.